The number of hydrogen-bond acceptors (Lipinski definition) is 2. The van der Waals surface area contributed by atoms with Crippen molar-refractivity contribution in [2.45, 2.75) is 46.5 Å². The highest BCUT2D eigenvalue weighted by molar-refractivity contribution is 5.79. The molecule has 3 unspecified atom stereocenters. The topological polar surface area (TPSA) is 49.3 Å². The van der Waals surface area contributed by atoms with Crippen LogP contribution in [0, 0.1) is 23.7 Å². The third kappa shape index (κ3) is 4.49. The molecule has 0 spiro atoms. The molecule has 1 aromatic carbocycles. The fourth-order valence-corrected chi connectivity index (χ4v) is 3.63. The van der Waals surface area contributed by atoms with Gasteiger partial charge in [-0.3, -0.25) is 4.79 Å². The van der Waals surface area contributed by atoms with E-state index in [1.165, 1.54) is 12.8 Å². The summed E-state index contributed by atoms with van der Waals surface area (Å²) in [5.41, 5.74) is 1.13. The van der Waals surface area contributed by atoms with Gasteiger partial charge in [0.15, 0.2) is 0 Å². The van der Waals surface area contributed by atoms with Crippen LogP contribution in [-0.4, -0.2) is 17.6 Å². The van der Waals surface area contributed by atoms with E-state index in [1.807, 2.05) is 12.1 Å². The summed E-state index contributed by atoms with van der Waals surface area (Å²) in [6.45, 7) is 7.39. The Kier molecular flexibility index (Phi) is 5.87. The Morgan fingerprint density at radius 2 is 1.95 bits per heavy atom. The summed E-state index contributed by atoms with van der Waals surface area (Å²) in [4.78, 5) is 12.6. The van der Waals surface area contributed by atoms with E-state index in [0.29, 0.717) is 24.3 Å². The van der Waals surface area contributed by atoms with Crippen LogP contribution < -0.4 is 5.32 Å². The van der Waals surface area contributed by atoms with Crippen molar-refractivity contribution in [3.8, 4) is 5.75 Å². The summed E-state index contributed by atoms with van der Waals surface area (Å²) < 4.78 is 0. The van der Waals surface area contributed by atoms with Gasteiger partial charge >= 0.3 is 0 Å². The molecule has 1 amide bonds. The first kappa shape index (κ1) is 16.9. The maximum atomic E-state index is 12.6. The lowest BCUT2D eigenvalue weighted by Gasteiger charge is -2.36. The second-order valence-electron chi connectivity index (χ2n) is 7.14. The highest BCUT2D eigenvalue weighted by atomic mass is 16.3. The van der Waals surface area contributed by atoms with E-state index in [2.05, 4.69) is 26.1 Å². The van der Waals surface area contributed by atoms with Gasteiger partial charge < -0.3 is 10.4 Å². The summed E-state index contributed by atoms with van der Waals surface area (Å²) in [5.74, 6) is 2.42. The third-order valence-corrected chi connectivity index (χ3v) is 5.01. The van der Waals surface area contributed by atoms with Gasteiger partial charge in [0.1, 0.15) is 5.75 Å². The standard InChI is InChI=1S/C19H29NO2/c1-13(2)17-9-4-14(3)12-18(17)19(22)20-11-10-15-5-7-16(21)8-6-15/h5-8,13-14,17-18,21H,4,9-12H2,1-3H3,(H,20,22). The first-order chi connectivity index (χ1) is 10.5. The lowest BCUT2D eigenvalue weighted by atomic mass is 9.70. The number of hydrogen-bond donors (Lipinski definition) is 2. The molecule has 2 N–H and O–H groups in total. The number of carbonyl (C=O) groups is 1. The highest BCUT2D eigenvalue weighted by Gasteiger charge is 2.35. The van der Waals surface area contributed by atoms with Gasteiger partial charge in [-0.1, -0.05) is 39.3 Å². The maximum Gasteiger partial charge on any atom is 0.223 e. The summed E-state index contributed by atoms with van der Waals surface area (Å²) >= 11 is 0. The SMILES string of the molecule is CC1CCC(C(C)C)C(C(=O)NCCc2ccc(O)cc2)C1. The van der Waals surface area contributed by atoms with E-state index in [0.717, 1.165) is 18.4 Å². The summed E-state index contributed by atoms with van der Waals surface area (Å²) in [5, 5.41) is 12.4. The molecular formula is C19H29NO2. The molecule has 0 bridgehead atoms. The zero-order chi connectivity index (χ0) is 16.1. The largest absolute Gasteiger partial charge is 0.508 e. The average molecular weight is 303 g/mol. The lowest BCUT2D eigenvalue weighted by molar-refractivity contribution is -0.129. The molecular weight excluding hydrogens is 274 g/mol. The first-order valence-electron chi connectivity index (χ1n) is 8.53. The van der Waals surface area contributed by atoms with Gasteiger partial charge in [0.25, 0.3) is 0 Å². The summed E-state index contributed by atoms with van der Waals surface area (Å²) in [7, 11) is 0. The number of benzene rings is 1. The Labute approximate surface area is 134 Å². The van der Waals surface area contributed by atoms with Crippen LogP contribution in [0.1, 0.15) is 45.6 Å². The van der Waals surface area contributed by atoms with E-state index >= 15 is 0 Å². The van der Waals surface area contributed by atoms with Crippen LogP contribution in [0.2, 0.25) is 0 Å². The molecule has 0 aliphatic heterocycles. The molecule has 3 heteroatoms. The second kappa shape index (κ2) is 7.66. The molecule has 2 rings (SSSR count). The van der Waals surface area contributed by atoms with E-state index < -0.39 is 0 Å². The fraction of sp³-hybridized carbons (Fsp3) is 0.632. The molecule has 3 nitrogen and oxygen atoms in total. The second-order valence-corrected chi connectivity index (χ2v) is 7.14. The van der Waals surface area contributed by atoms with Gasteiger partial charge in [-0.25, -0.2) is 0 Å². The van der Waals surface area contributed by atoms with Crippen molar-refractivity contribution in [2.24, 2.45) is 23.7 Å². The van der Waals surface area contributed by atoms with Crippen molar-refractivity contribution >= 4 is 5.91 Å². The normalized spacial score (nSPS) is 25.2. The predicted molar refractivity (Wildman–Crippen MR) is 89.7 cm³/mol. The Bertz CT molecular complexity index is 481. The lowest BCUT2D eigenvalue weighted by Crippen LogP contribution is -2.40. The molecule has 1 fully saturated rings. The van der Waals surface area contributed by atoms with Crippen molar-refractivity contribution in [1.29, 1.82) is 0 Å². The van der Waals surface area contributed by atoms with Crippen molar-refractivity contribution in [2.75, 3.05) is 6.54 Å². The highest BCUT2D eigenvalue weighted by Crippen LogP contribution is 2.38. The van der Waals surface area contributed by atoms with Crippen LogP contribution in [0.15, 0.2) is 24.3 Å². The Hall–Kier alpha value is -1.51. The molecule has 0 radical (unpaired) electrons. The van der Waals surface area contributed by atoms with Crippen molar-refractivity contribution < 1.29 is 9.90 Å². The van der Waals surface area contributed by atoms with E-state index in [1.54, 1.807) is 12.1 Å². The van der Waals surface area contributed by atoms with Crippen LogP contribution in [0.5, 0.6) is 5.75 Å². The van der Waals surface area contributed by atoms with Crippen LogP contribution in [-0.2, 0) is 11.2 Å². The van der Waals surface area contributed by atoms with Crippen molar-refractivity contribution in [3.05, 3.63) is 29.8 Å². The molecule has 122 valence electrons. The van der Waals surface area contributed by atoms with Crippen LogP contribution in [0.4, 0.5) is 0 Å². The van der Waals surface area contributed by atoms with Gasteiger partial charge in [0.2, 0.25) is 5.91 Å². The van der Waals surface area contributed by atoms with Crippen molar-refractivity contribution in [3.63, 3.8) is 0 Å². The number of amides is 1. The molecule has 1 aliphatic carbocycles. The molecule has 1 aromatic rings. The van der Waals surface area contributed by atoms with Crippen LogP contribution >= 0.6 is 0 Å². The number of aromatic hydroxyl groups is 1. The molecule has 0 aromatic heterocycles. The smallest absolute Gasteiger partial charge is 0.223 e. The molecule has 3 atom stereocenters. The Morgan fingerprint density at radius 3 is 2.59 bits per heavy atom. The monoisotopic (exact) mass is 303 g/mol. The van der Waals surface area contributed by atoms with Gasteiger partial charge in [-0.2, -0.15) is 0 Å². The average Bonchev–Trinajstić information content (AvgIpc) is 2.48. The molecule has 0 heterocycles. The Morgan fingerprint density at radius 1 is 1.27 bits per heavy atom. The maximum absolute atomic E-state index is 12.6. The molecule has 1 saturated carbocycles. The number of nitrogens with one attached hydrogen (secondary N) is 1. The van der Waals surface area contributed by atoms with E-state index in [4.69, 9.17) is 0 Å². The quantitative estimate of drug-likeness (QED) is 0.870. The van der Waals surface area contributed by atoms with Gasteiger partial charge in [-0.15, -0.1) is 0 Å². The molecule has 22 heavy (non-hydrogen) atoms. The van der Waals surface area contributed by atoms with Crippen LogP contribution in [0.25, 0.3) is 0 Å². The minimum atomic E-state index is 0.170. The van der Waals surface area contributed by atoms with Crippen molar-refractivity contribution in [1.82, 2.24) is 5.32 Å². The zero-order valence-electron chi connectivity index (χ0n) is 14.0. The number of carbonyl (C=O) groups excluding carboxylic acids is 1. The summed E-state index contributed by atoms with van der Waals surface area (Å²) in [6, 6.07) is 7.19. The zero-order valence-corrected chi connectivity index (χ0v) is 14.0. The number of phenols is 1. The van der Waals surface area contributed by atoms with E-state index in [9.17, 15) is 9.90 Å². The first-order valence-corrected chi connectivity index (χ1v) is 8.53. The minimum absolute atomic E-state index is 0.170. The molecule has 0 saturated heterocycles. The van der Waals surface area contributed by atoms with E-state index in [-0.39, 0.29) is 17.6 Å². The fourth-order valence-electron chi connectivity index (χ4n) is 3.63. The number of phenolic OH excluding ortho intramolecular Hbond substituents is 1. The third-order valence-electron chi connectivity index (χ3n) is 5.01. The van der Waals surface area contributed by atoms with Gasteiger partial charge in [-0.05, 0) is 54.7 Å². The van der Waals surface area contributed by atoms with Gasteiger partial charge in [0, 0.05) is 12.5 Å². The minimum Gasteiger partial charge on any atom is -0.508 e. The Balaban J connectivity index is 1.85. The molecule has 1 aliphatic rings. The van der Waals surface area contributed by atoms with Gasteiger partial charge in [0.05, 0.1) is 0 Å². The number of rotatable bonds is 5. The summed E-state index contributed by atoms with van der Waals surface area (Å²) in [6.07, 6.45) is 4.25. The predicted octanol–water partition coefficient (Wildman–Crippen LogP) is 3.76. The van der Waals surface area contributed by atoms with Crippen LogP contribution in [0.3, 0.4) is 0 Å².